The summed E-state index contributed by atoms with van der Waals surface area (Å²) in [6.45, 7) is 3.53. The molecular weight excluding hydrogens is 230 g/mol. The largest absolute Gasteiger partial charge is 0.481 e. The summed E-state index contributed by atoms with van der Waals surface area (Å²) in [7, 11) is 0. The van der Waals surface area contributed by atoms with Crippen LogP contribution in [0.4, 0.5) is 0 Å². The van der Waals surface area contributed by atoms with Gasteiger partial charge in [0.1, 0.15) is 0 Å². The highest BCUT2D eigenvalue weighted by Gasteiger charge is 1.96. The van der Waals surface area contributed by atoms with Crippen molar-refractivity contribution in [2.45, 2.75) is 78.1 Å². The number of carboxylic acids is 1. The van der Waals surface area contributed by atoms with E-state index in [9.17, 15) is 9.59 Å². The minimum atomic E-state index is -0.659. The second-order valence-corrected chi connectivity index (χ2v) is 4.58. The van der Waals surface area contributed by atoms with Crippen molar-refractivity contribution in [3.8, 4) is 0 Å². The van der Waals surface area contributed by atoms with Crippen molar-refractivity contribution in [1.82, 2.24) is 0 Å². The van der Waals surface area contributed by atoms with Crippen LogP contribution in [0.1, 0.15) is 78.1 Å². The summed E-state index contributed by atoms with van der Waals surface area (Å²) in [5.74, 6) is -0.993. The molecule has 0 spiro atoms. The number of unbranched alkanes of at least 4 members (excludes halogenated alkanes) is 8. The zero-order valence-corrected chi connectivity index (χ0v) is 11.9. The molecule has 0 aliphatic rings. The Kier molecular flexibility index (Phi) is 17.1. The van der Waals surface area contributed by atoms with Gasteiger partial charge in [0.05, 0.1) is 0 Å². The second-order valence-electron chi connectivity index (χ2n) is 4.58. The van der Waals surface area contributed by atoms with Crippen LogP contribution in [-0.2, 0) is 9.59 Å². The predicted molar refractivity (Wildman–Crippen MR) is 74.3 cm³/mol. The molecule has 0 aromatic rings. The average molecular weight is 259 g/mol. The van der Waals surface area contributed by atoms with Crippen LogP contribution in [0, 0.1) is 0 Å². The first kappa shape index (κ1) is 19.3. The number of primary amides is 1. The molecule has 3 N–H and O–H groups in total. The van der Waals surface area contributed by atoms with Crippen molar-refractivity contribution < 1.29 is 14.7 Å². The summed E-state index contributed by atoms with van der Waals surface area (Å²) >= 11 is 0. The Hall–Kier alpha value is -1.06. The van der Waals surface area contributed by atoms with E-state index in [-0.39, 0.29) is 5.91 Å². The lowest BCUT2D eigenvalue weighted by atomic mass is 10.1. The van der Waals surface area contributed by atoms with Crippen LogP contribution in [0.5, 0.6) is 0 Å². The van der Waals surface area contributed by atoms with Crippen LogP contribution in [-0.4, -0.2) is 17.0 Å². The molecule has 4 heteroatoms. The smallest absolute Gasteiger partial charge is 0.303 e. The highest BCUT2D eigenvalue weighted by molar-refractivity contribution is 5.70. The van der Waals surface area contributed by atoms with Gasteiger partial charge in [0.25, 0.3) is 0 Å². The molecule has 0 aromatic carbocycles. The van der Waals surface area contributed by atoms with E-state index < -0.39 is 5.97 Å². The molecule has 0 bridgehead atoms. The van der Waals surface area contributed by atoms with Crippen LogP contribution >= 0.6 is 0 Å². The minimum Gasteiger partial charge on any atom is -0.481 e. The van der Waals surface area contributed by atoms with Crippen LogP contribution in [0.15, 0.2) is 0 Å². The summed E-state index contributed by atoms with van der Waals surface area (Å²) in [4.78, 5) is 19.4. The first-order chi connectivity index (χ1) is 8.50. The molecule has 18 heavy (non-hydrogen) atoms. The Balaban J connectivity index is 0. The minimum absolute atomic E-state index is 0.333. The van der Waals surface area contributed by atoms with Gasteiger partial charge in [0.15, 0.2) is 0 Å². The highest BCUT2D eigenvalue weighted by Crippen LogP contribution is 2.10. The molecule has 0 rings (SSSR count). The van der Waals surface area contributed by atoms with E-state index in [1.165, 1.54) is 51.9 Å². The van der Waals surface area contributed by atoms with E-state index >= 15 is 0 Å². The number of carbonyl (C=O) groups is 2. The molecule has 0 atom stereocenters. The molecule has 0 radical (unpaired) electrons. The maximum absolute atomic E-state index is 10.2. The SMILES string of the molecule is CC(N)=O.CCCCCCCCCCCC(=O)O. The molecular formula is C14H29NO3. The molecule has 108 valence electrons. The molecule has 0 saturated heterocycles. The monoisotopic (exact) mass is 259 g/mol. The van der Waals surface area contributed by atoms with E-state index in [4.69, 9.17) is 5.11 Å². The highest BCUT2D eigenvalue weighted by atomic mass is 16.4. The predicted octanol–water partition coefficient (Wildman–Crippen LogP) is 3.48. The lowest BCUT2D eigenvalue weighted by Gasteiger charge is -2.00. The van der Waals surface area contributed by atoms with Gasteiger partial charge in [-0.15, -0.1) is 0 Å². The van der Waals surface area contributed by atoms with Gasteiger partial charge in [-0.2, -0.15) is 0 Å². The number of carboxylic acid groups (broad SMARTS) is 1. The van der Waals surface area contributed by atoms with E-state index in [0.717, 1.165) is 12.8 Å². The maximum atomic E-state index is 10.2. The van der Waals surface area contributed by atoms with Gasteiger partial charge in [0.2, 0.25) is 5.91 Å². The lowest BCUT2D eigenvalue weighted by molar-refractivity contribution is -0.137. The van der Waals surface area contributed by atoms with Gasteiger partial charge in [0, 0.05) is 13.3 Å². The molecule has 0 saturated carbocycles. The molecule has 0 fully saturated rings. The Labute approximate surface area is 111 Å². The Morgan fingerprint density at radius 1 is 0.889 bits per heavy atom. The van der Waals surface area contributed by atoms with Crippen LogP contribution in [0.3, 0.4) is 0 Å². The standard InChI is InChI=1S/C12H24O2.C2H5NO/c1-2-3-4-5-6-7-8-9-10-11-12(13)14;1-2(3)4/h2-11H2,1H3,(H,13,14);1H3,(H2,3,4). The molecule has 0 unspecified atom stereocenters. The van der Waals surface area contributed by atoms with Crippen LogP contribution < -0.4 is 5.73 Å². The summed E-state index contributed by atoms with van der Waals surface area (Å²) < 4.78 is 0. The fraction of sp³-hybridized carbons (Fsp3) is 0.857. The Morgan fingerprint density at radius 3 is 1.56 bits per heavy atom. The van der Waals surface area contributed by atoms with Crippen LogP contribution in [0.2, 0.25) is 0 Å². The van der Waals surface area contributed by atoms with Crippen LogP contribution in [0.25, 0.3) is 0 Å². The van der Waals surface area contributed by atoms with E-state index in [2.05, 4.69) is 12.7 Å². The third-order valence-electron chi connectivity index (χ3n) is 2.49. The fourth-order valence-electron chi connectivity index (χ4n) is 1.59. The average Bonchev–Trinajstić information content (AvgIpc) is 2.26. The van der Waals surface area contributed by atoms with Crippen molar-refractivity contribution in [2.75, 3.05) is 0 Å². The molecule has 0 aromatic heterocycles. The third-order valence-corrected chi connectivity index (χ3v) is 2.49. The molecule has 4 nitrogen and oxygen atoms in total. The zero-order chi connectivity index (χ0) is 14.2. The summed E-state index contributed by atoms with van der Waals surface area (Å²) in [5, 5.41) is 8.41. The van der Waals surface area contributed by atoms with E-state index in [1.807, 2.05) is 0 Å². The maximum Gasteiger partial charge on any atom is 0.303 e. The zero-order valence-electron chi connectivity index (χ0n) is 11.9. The van der Waals surface area contributed by atoms with Gasteiger partial charge in [-0.25, -0.2) is 0 Å². The van der Waals surface area contributed by atoms with Gasteiger partial charge >= 0.3 is 5.97 Å². The number of rotatable bonds is 10. The van der Waals surface area contributed by atoms with Crippen molar-refractivity contribution in [1.29, 1.82) is 0 Å². The summed E-state index contributed by atoms with van der Waals surface area (Å²) in [5.41, 5.74) is 4.47. The fourth-order valence-corrected chi connectivity index (χ4v) is 1.59. The first-order valence-corrected chi connectivity index (χ1v) is 6.98. The quantitative estimate of drug-likeness (QED) is 0.589. The van der Waals surface area contributed by atoms with E-state index in [1.54, 1.807) is 0 Å². The number of hydrogen-bond donors (Lipinski definition) is 2. The summed E-state index contributed by atoms with van der Waals surface area (Å²) in [6.07, 6.45) is 11.5. The van der Waals surface area contributed by atoms with Crippen molar-refractivity contribution in [2.24, 2.45) is 5.73 Å². The summed E-state index contributed by atoms with van der Waals surface area (Å²) in [6, 6.07) is 0. The molecule has 0 aliphatic carbocycles. The Bertz CT molecular complexity index is 201. The van der Waals surface area contributed by atoms with Gasteiger partial charge < -0.3 is 10.8 Å². The number of aliphatic carboxylic acids is 1. The Morgan fingerprint density at radius 2 is 1.22 bits per heavy atom. The number of amides is 1. The molecule has 0 heterocycles. The van der Waals surface area contributed by atoms with Crippen molar-refractivity contribution in [3.63, 3.8) is 0 Å². The number of carbonyl (C=O) groups excluding carboxylic acids is 1. The lowest BCUT2D eigenvalue weighted by Crippen LogP contribution is -2.01. The van der Waals surface area contributed by atoms with Crippen molar-refractivity contribution in [3.05, 3.63) is 0 Å². The van der Waals surface area contributed by atoms with Gasteiger partial charge in [-0.3, -0.25) is 9.59 Å². The topological polar surface area (TPSA) is 80.4 Å². The van der Waals surface area contributed by atoms with E-state index in [0.29, 0.717) is 6.42 Å². The molecule has 0 aliphatic heterocycles. The van der Waals surface area contributed by atoms with Gasteiger partial charge in [-0.05, 0) is 6.42 Å². The number of hydrogen-bond acceptors (Lipinski definition) is 2. The second kappa shape index (κ2) is 15.9. The normalized spacial score (nSPS) is 9.44. The third kappa shape index (κ3) is 29.4. The van der Waals surface area contributed by atoms with Gasteiger partial charge in [-0.1, -0.05) is 58.3 Å². The number of nitrogens with two attached hydrogens (primary N) is 1. The van der Waals surface area contributed by atoms with Crippen molar-refractivity contribution >= 4 is 11.9 Å². The molecule has 1 amide bonds. The first-order valence-electron chi connectivity index (χ1n) is 6.98.